The number of benzene rings is 1. The highest BCUT2D eigenvalue weighted by atomic mass is 16.4. The third-order valence-corrected chi connectivity index (χ3v) is 4.20. The van der Waals surface area contributed by atoms with Crippen LogP contribution in [0, 0.1) is 6.92 Å². The van der Waals surface area contributed by atoms with E-state index in [1.54, 1.807) is 0 Å². The Hall–Kier alpha value is -1.81. The summed E-state index contributed by atoms with van der Waals surface area (Å²) in [5, 5.41) is 4.37. The number of hydrogen-bond acceptors (Lipinski definition) is 4. The van der Waals surface area contributed by atoms with Crippen molar-refractivity contribution in [3.63, 3.8) is 0 Å². The van der Waals surface area contributed by atoms with Gasteiger partial charge < -0.3 is 14.6 Å². The normalized spacial score (nSPS) is 11.9. The molecule has 0 saturated carbocycles. The van der Waals surface area contributed by atoms with Gasteiger partial charge in [0.2, 0.25) is 0 Å². The molecule has 0 spiro atoms. The predicted molar refractivity (Wildman–Crippen MR) is 97.4 cm³/mol. The van der Waals surface area contributed by atoms with Crippen molar-refractivity contribution in [3.05, 3.63) is 39.7 Å². The largest absolute Gasteiger partial charge is 0.422 e. The SMILES string of the molecule is CCN(CC)c1ccc2c(C)c(CNC(C)(C)C)c(=O)oc2c1. The third kappa shape index (κ3) is 3.94. The minimum Gasteiger partial charge on any atom is -0.422 e. The van der Waals surface area contributed by atoms with Gasteiger partial charge in [-0.15, -0.1) is 0 Å². The number of nitrogens with one attached hydrogen (secondary N) is 1. The molecular formula is C19H28N2O2. The van der Waals surface area contributed by atoms with E-state index in [0.717, 1.165) is 29.7 Å². The van der Waals surface area contributed by atoms with Gasteiger partial charge in [-0.2, -0.15) is 0 Å². The van der Waals surface area contributed by atoms with Crippen molar-refractivity contribution in [2.45, 2.75) is 53.6 Å². The Bertz CT molecular complexity index is 737. The third-order valence-electron chi connectivity index (χ3n) is 4.20. The van der Waals surface area contributed by atoms with Crippen LogP contribution < -0.4 is 15.8 Å². The van der Waals surface area contributed by atoms with Gasteiger partial charge in [0.1, 0.15) is 5.58 Å². The summed E-state index contributed by atoms with van der Waals surface area (Å²) >= 11 is 0. The fourth-order valence-corrected chi connectivity index (χ4v) is 2.73. The van der Waals surface area contributed by atoms with Crippen LogP contribution in [0.4, 0.5) is 5.69 Å². The lowest BCUT2D eigenvalue weighted by molar-refractivity contribution is 0.417. The molecule has 1 aromatic heterocycles. The van der Waals surface area contributed by atoms with Crippen molar-refractivity contribution >= 4 is 16.7 Å². The summed E-state index contributed by atoms with van der Waals surface area (Å²) in [5.41, 5.74) is 3.17. The summed E-state index contributed by atoms with van der Waals surface area (Å²) in [6, 6.07) is 6.13. The molecule has 23 heavy (non-hydrogen) atoms. The van der Waals surface area contributed by atoms with Crippen LogP contribution in [0.15, 0.2) is 27.4 Å². The number of fused-ring (bicyclic) bond motifs is 1. The van der Waals surface area contributed by atoms with Gasteiger partial charge in [0.25, 0.3) is 0 Å². The van der Waals surface area contributed by atoms with Gasteiger partial charge >= 0.3 is 5.63 Å². The van der Waals surface area contributed by atoms with Gasteiger partial charge in [0, 0.05) is 42.3 Å². The van der Waals surface area contributed by atoms with Crippen LogP contribution in [0.1, 0.15) is 45.7 Å². The molecule has 0 unspecified atom stereocenters. The molecule has 0 bridgehead atoms. The molecule has 2 aromatic rings. The summed E-state index contributed by atoms with van der Waals surface area (Å²) in [4.78, 5) is 14.6. The maximum atomic E-state index is 12.4. The molecule has 0 aliphatic rings. The molecule has 0 aliphatic heterocycles. The first-order chi connectivity index (χ1) is 10.8. The average molecular weight is 316 g/mol. The van der Waals surface area contributed by atoms with Crippen LogP contribution in [0.5, 0.6) is 0 Å². The second-order valence-corrected chi connectivity index (χ2v) is 6.95. The highest BCUT2D eigenvalue weighted by molar-refractivity contribution is 5.84. The summed E-state index contributed by atoms with van der Waals surface area (Å²) in [7, 11) is 0. The molecule has 1 heterocycles. The smallest absolute Gasteiger partial charge is 0.341 e. The summed E-state index contributed by atoms with van der Waals surface area (Å²) in [6.07, 6.45) is 0. The maximum absolute atomic E-state index is 12.4. The first-order valence-corrected chi connectivity index (χ1v) is 8.33. The molecule has 0 saturated heterocycles. The van der Waals surface area contributed by atoms with E-state index in [9.17, 15) is 4.79 Å². The molecular weight excluding hydrogens is 288 g/mol. The Morgan fingerprint density at radius 1 is 1.17 bits per heavy atom. The van der Waals surface area contributed by atoms with Crippen LogP contribution in [0.25, 0.3) is 11.0 Å². The van der Waals surface area contributed by atoms with Crippen molar-refractivity contribution in [1.29, 1.82) is 0 Å². The number of rotatable bonds is 5. The Labute approximate surface area is 138 Å². The minimum atomic E-state index is -0.247. The Kier molecular flexibility index (Phi) is 5.15. The molecule has 126 valence electrons. The molecule has 2 rings (SSSR count). The van der Waals surface area contributed by atoms with Gasteiger partial charge in [-0.1, -0.05) is 0 Å². The molecule has 0 atom stereocenters. The van der Waals surface area contributed by atoms with Crippen molar-refractivity contribution in [3.8, 4) is 0 Å². The van der Waals surface area contributed by atoms with E-state index in [2.05, 4.69) is 57.0 Å². The van der Waals surface area contributed by atoms with E-state index < -0.39 is 0 Å². The van der Waals surface area contributed by atoms with E-state index in [1.165, 1.54) is 0 Å². The van der Waals surface area contributed by atoms with Crippen LogP contribution in [0.2, 0.25) is 0 Å². The highest BCUT2D eigenvalue weighted by Gasteiger charge is 2.15. The lowest BCUT2D eigenvalue weighted by Gasteiger charge is -2.22. The fourth-order valence-electron chi connectivity index (χ4n) is 2.73. The minimum absolute atomic E-state index is 0.0412. The zero-order chi connectivity index (χ0) is 17.2. The topological polar surface area (TPSA) is 45.5 Å². The van der Waals surface area contributed by atoms with Crippen molar-refractivity contribution < 1.29 is 4.42 Å². The van der Waals surface area contributed by atoms with E-state index in [0.29, 0.717) is 17.7 Å². The second kappa shape index (κ2) is 6.75. The van der Waals surface area contributed by atoms with Gasteiger partial charge in [0.15, 0.2) is 0 Å². The van der Waals surface area contributed by atoms with E-state index in [1.807, 2.05) is 13.0 Å². The van der Waals surface area contributed by atoms with Gasteiger partial charge in [-0.05, 0) is 59.2 Å². The number of nitrogens with zero attached hydrogens (tertiary/aromatic N) is 1. The maximum Gasteiger partial charge on any atom is 0.341 e. The number of anilines is 1. The molecule has 0 amide bonds. The van der Waals surface area contributed by atoms with Gasteiger partial charge in [-0.3, -0.25) is 0 Å². The zero-order valence-corrected chi connectivity index (χ0v) is 15.1. The Balaban J connectivity index is 2.47. The lowest BCUT2D eigenvalue weighted by atomic mass is 10.0. The van der Waals surface area contributed by atoms with Crippen LogP contribution in [-0.4, -0.2) is 18.6 Å². The predicted octanol–water partition coefficient (Wildman–Crippen LogP) is 3.84. The summed E-state index contributed by atoms with van der Waals surface area (Å²) in [6.45, 7) is 14.9. The van der Waals surface area contributed by atoms with Crippen LogP contribution in [-0.2, 0) is 6.54 Å². The first kappa shape index (κ1) is 17.5. The molecule has 4 heteroatoms. The van der Waals surface area contributed by atoms with Crippen LogP contribution >= 0.6 is 0 Å². The quantitative estimate of drug-likeness (QED) is 0.851. The summed E-state index contributed by atoms with van der Waals surface area (Å²) in [5.74, 6) is 0. The van der Waals surface area contributed by atoms with Crippen molar-refractivity contribution in [1.82, 2.24) is 5.32 Å². The van der Waals surface area contributed by atoms with Crippen LogP contribution in [0.3, 0.4) is 0 Å². The molecule has 0 fully saturated rings. The van der Waals surface area contributed by atoms with Crippen molar-refractivity contribution in [2.75, 3.05) is 18.0 Å². The summed E-state index contributed by atoms with van der Waals surface area (Å²) < 4.78 is 5.60. The molecule has 0 aliphatic carbocycles. The second-order valence-electron chi connectivity index (χ2n) is 6.95. The monoisotopic (exact) mass is 316 g/mol. The molecule has 0 radical (unpaired) electrons. The lowest BCUT2D eigenvalue weighted by Crippen LogP contribution is -2.36. The zero-order valence-electron chi connectivity index (χ0n) is 15.1. The van der Waals surface area contributed by atoms with Crippen molar-refractivity contribution in [2.24, 2.45) is 0 Å². The molecule has 4 nitrogen and oxygen atoms in total. The van der Waals surface area contributed by atoms with E-state index in [-0.39, 0.29) is 11.2 Å². The van der Waals surface area contributed by atoms with E-state index in [4.69, 9.17) is 4.42 Å². The number of hydrogen-bond donors (Lipinski definition) is 1. The standard InChI is InChI=1S/C19H28N2O2/c1-7-21(8-2)14-9-10-15-13(3)16(12-20-19(4,5)6)18(22)23-17(15)11-14/h9-11,20H,7-8,12H2,1-6H3. The van der Waals surface area contributed by atoms with E-state index >= 15 is 0 Å². The average Bonchev–Trinajstić information content (AvgIpc) is 2.47. The first-order valence-electron chi connectivity index (χ1n) is 8.33. The Morgan fingerprint density at radius 3 is 2.39 bits per heavy atom. The fraction of sp³-hybridized carbons (Fsp3) is 0.526. The Morgan fingerprint density at radius 2 is 1.83 bits per heavy atom. The number of aryl methyl sites for hydroxylation is 1. The highest BCUT2D eigenvalue weighted by Crippen LogP contribution is 2.25. The molecule has 1 N–H and O–H groups in total. The van der Waals surface area contributed by atoms with Gasteiger partial charge in [0.05, 0.1) is 5.56 Å². The molecule has 1 aromatic carbocycles. The van der Waals surface area contributed by atoms with Gasteiger partial charge in [-0.25, -0.2) is 4.79 Å².